The number of hydrogen-bond donors (Lipinski definition) is 1. The van der Waals surface area contributed by atoms with Crippen molar-refractivity contribution in [1.29, 1.82) is 5.26 Å². The molecule has 4 heteroatoms. The average Bonchev–Trinajstić information content (AvgIpc) is 2.39. The average molecular weight is 305 g/mol. The van der Waals surface area contributed by atoms with Crippen LogP contribution >= 0.6 is 15.9 Å². The van der Waals surface area contributed by atoms with E-state index < -0.39 is 6.04 Å². The van der Waals surface area contributed by atoms with Gasteiger partial charge in [-0.1, -0.05) is 46.3 Å². The summed E-state index contributed by atoms with van der Waals surface area (Å²) in [6.45, 7) is 0. The third kappa shape index (κ3) is 2.69. The van der Waals surface area contributed by atoms with E-state index in [9.17, 15) is 9.65 Å². The van der Waals surface area contributed by atoms with Gasteiger partial charge in [-0.05, 0) is 18.2 Å². The predicted octanol–water partition coefficient (Wildman–Crippen LogP) is 4.26. The molecule has 0 saturated heterocycles. The van der Waals surface area contributed by atoms with Crippen LogP contribution in [-0.2, 0) is 0 Å². The molecule has 0 fully saturated rings. The summed E-state index contributed by atoms with van der Waals surface area (Å²) in [5, 5.41) is 12.1. The van der Waals surface area contributed by atoms with Crippen molar-refractivity contribution in [1.82, 2.24) is 0 Å². The molecule has 0 aromatic heterocycles. The predicted molar refractivity (Wildman–Crippen MR) is 72.5 cm³/mol. The molecule has 0 radical (unpaired) electrons. The van der Waals surface area contributed by atoms with Crippen molar-refractivity contribution in [3.63, 3.8) is 0 Å². The number of nitrogens with one attached hydrogen (secondary N) is 1. The summed E-state index contributed by atoms with van der Waals surface area (Å²) < 4.78 is 14.3. The summed E-state index contributed by atoms with van der Waals surface area (Å²) in [6.07, 6.45) is 0. The largest absolute Gasteiger partial charge is 0.364 e. The molecule has 18 heavy (non-hydrogen) atoms. The lowest BCUT2D eigenvalue weighted by molar-refractivity contribution is 0.629. The Kier molecular flexibility index (Phi) is 3.96. The molecule has 0 spiro atoms. The number of nitrogens with zero attached hydrogens (tertiary/aromatic N) is 1. The van der Waals surface area contributed by atoms with E-state index in [-0.39, 0.29) is 5.82 Å². The van der Waals surface area contributed by atoms with Gasteiger partial charge in [0.2, 0.25) is 0 Å². The van der Waals surface area contributed by atoms with Crippen molar-refractivity contribution in [3.05, 3.63) is 64.4 Å². The first-order valence-corrected chi connectivity index (χ1v) is 6.17. The summed E-state index contributed by atoms with van der Waals surface area (Å²) in [7, 11) is 0. The van der Waals surface area contributed by atoms with Crippen molar-refractivity contribution >= 4 is 21.6 Å². The van der Waals surface area contributed by atoms with E-state index in [0.717, 1.165) is 10.0 Å². The van der Waals surface area contributed by atoms with Crippen molar-refractivity contribution in [3.8, 4) is 6.07 Å². The lowest BCUT2D eigenvalue weighted by Gasteiger charge is -2.15. The second-order valence-electron chi connectivity index (χ2n) is 3.71. The number of benzene rings is 2. The third-order valence-corrected chi connectivity index (χ3v) is 3.24. The van der Waals surface area contributed by atoms with Gasteiger partial charge in [0.25, 0.3) is 0 Å². The Hall–Kier alpha value is -1.86. The third-order valence-electron chi connectivity index (χ3n) is 2.52. The maximum absolute atomic E-state index is 13.5. The monoisotopic (exact) mass is 304 g/mol. The van der Waals surface area contributed by atoms with Gasteiger partial charge in [-0.2, -0.15) is 5.26 Å². The van der Waals surface area contributed by atoms with Gasteiger partial charge in [-0.15, -0.1) is 0 Å². The van der Waals surface area contributed by atoms with Gasteiger partial charge in [0.1, 0.15) is 11.9 Å². The van der Waals surface area contributed by atoms with Crippen LogP contribution in [0.3, 0.4) is 0 Å². The molecule has 2 rings (SSSR count). The van der Waals surface area contributed by atoms with E-state index in [0.29, 0.717) is 5.69 Å². The fourth-order valence-electron chi connectivity index (χ4n) is 1.62. The molecule has 0 aliphatic heterocycles. The zero-order chi connectivity index (χ0) is 13.0. The van der Waals surface area contributed by atoms with Crippen LogP contribution in [0.2, 0.25) is 0 Å². The highest BCUT2D eigenvalue weighted by atomic mass is 79.9. The van der Waals surface area contributed by atoms with Crippen molar-refractivity contribution in [2.24, 2.45) is 0 Å². The van der Waals surface area contributed by atoms with Gasteiger partial charge < -0.3 is 5.32 Å². The lowest BCUT2D eigenvalue weighted by atomic mass is 10.1. The van der Waals surface area contributed by atoms with Gasteiger partial charge in [0.05, 0.1) is 11.8 Å². The number of anilines is 1. The van der Waals surface area contributed by atoms with Crippen LogP contribution in [0.5, 0.6) is 0 Å². The summed E-state index contributed by atoms with van der Waals surface area (Å²) in [5.41, 5.74) is 1.10. The topological polar surface area (TPSA) is 35.8 Å². The highest BCUT2D eigenvalue weighted by molar-refractivity contribution is 9.10. The Morgan fingerprint density at radius 1 is 1.11 bits per heavy atom. The highest BCUT2D eigenvalue weighted by Crippen LogP contribution is 2.26. The molecule has 0 aliphatic carbocycles. The molecule has 1 N–H and O–H groups in total. The summed E-state index contributed by atoms with van der Waals surface area (Å²) >= 11 is 3.38. The lowest BCUT2D eigenvalue weighted by Crippen LogP contribution is -2.10. The van der Waals surface area contributed by atoms with E-state index in [2.05, 4.69) is 27.3 Å². The Labute approximate surface area is 113 Å². The molecular weight excluding hydrogens is 295 g/mol. The van der Waals surface area contributed by atoms with E-state index >= 15 is 0 Å². The number of rotatable bonds is 3. The molecular formula is C14H10BrFN2. The maximum atomic E-state index is 13.5. The molecule has 2 aromatic carbocycles. The van der Waals surface area contributed by atoms with E-state index in [1.54, 1.807) is 18.2 Å². The standard InChI is InChI=1S/C14H10BrFN2/c15-11-6-2-1-5-10(11)14(9-17)18-13-8-4-3-7-12(13)16/h1-8,14,18H. The van der Waals surface area contributed by atoms with Crippen LogP contribution in [0.4, 0.5) is 10.1 Å². The number of hydrogen-bond acceptors (Lipinski definition) is 2. The normalized spacial score (nSPS) is 11.6. The minimum atomic E-state index is -0.600. The van der Waals surface area contributed by atoms with Crippen LogP contribution < -0.4 is 5.32 Å². The summed E-state index contributed by atoms with van der Waals surface area (Å²) in [6, 6.07) is 15.2. The molecule has 2 aromatic rings. The minimum absolute atomic E-state index is 0.319. The van der Waals surface area contributed by atoms with E-state index in [1.807, 2.05) is 24.3 Å². The van der Waals surface area contributed by atoms with Crippen molar-refractivity contribution in [2.45, 2.75) is 6.04 Å². The Morgan fingerprint density at radius 2 is 1.78 bits per heavy atom. The zero-order valence-electron chi connectivity index (χ0n) is 9.40. The molecule has 1 atom stereocenters. The van der Waals surface area contributed by atoms with Crippen LogP contribution in [0.15, 0.2) is 53.0 Å². The number of para-hydroxylation sites is 1. The molecule has 0 saturated carbocycles. The van der Waals surface area contributed by atoms with Crippen LogP contribution in [0, 0.1) is 17.1 Å². The van der Waals surface area contributed by atoms with Crippen LogP contribution in [0.25, 0.3) is 0 Å². The number of halogens is 2. The molecule has 0 aliphatic rings. The fourth-order valence-corrected chi connectivity index (χ4v) is 2.14. The quantitative estimate of drug-likeness (QED) is 0.919. The van der Waals surface area contributed by atoms with E-state index in [4.69, 9.17) is 0 Å². The summed E-state index contributed by atoms with van der Waals surface area (Å²) in [5.74, 6) is -0.371. The second kappa shape index (κ2) is 5.65. The molecule has 1 unspecified atom stereocenters. The van der Waals surface area contributed by atoms with Crippen LogP contribution in [-0.4, -0.2) is 0 Å². The Morgan fingerprint density at radius 3 is 2.44 bits per heavy atom. The van der Waals surface area contributed by atoms with Gasteiger partial charge in [-0.25, -0.2) is 4.39 Å². The smallest absolute Gasteiger partial charge is 0.146 e. The van der Waals surface area contributed by atoms with Gasteiger partial charge in [-0.3, -0.25) is 0 Å². The Balaban J connectivity index is 2.30. The van der Waals surface area contributed by atoms with Gasteiger partial charge in [0.15, 0.2) is 0 Å². The van der Waals surface area contributed by atoms with Gasteiger partial charge >= 0.3 is 0 Å². The zero-order valence-corrected chi connectivity index (χ0v) is 11.0. The summed E-state index contributed by atoms with van der Waals surface area (Å²) in [4.78, 5) is 0. The Bertz CT molecular complexity index is 592. The minimum Gasteiger partial charge on any atom is -0.364 e. The first-order chi connectivity index (χ1) is 8.72. The molecule has 2 nitrogen and oxygen atoms in total. The second-order valence-corrected chi connectivity index (χ2v) is 4.56. The van der Waals surface area contributed by atoms with Gasteiger partial charge in [0, 0.05) is 10.0 Å². The molecule has 0 heterocycles. The maximum Gasteiger partial charge on any atom is 0.146 e. The molecule has 0 amide bonds. The highest BCUT2D eigenvalue weighted by Gasteiger charge is 2.14. The first kappa shape index (κ1) is 12.6. The fraction of sp³-hybridized carbons (Fsp3) is 0.0714. The first-order valence-electron chi connectivity index (χ1n) is 5.37. The molecule has 0 bridgehead atoms. The van der Waals surface area contributed by atoms with Crippen molar-refractivity contribution < 1.29 is 4.39 Å². The SMILES string of the molecule is N#CC(Nc1ccccc1F)c1ccccc1Br. The number of nitriles is 1. The van der Waals surface area contributed by atoms with Crippen LogP contribution in [0.1, 0.15) is 11.6 Å². The molecule has 90 valence electrons. The van der Waals surface area contributed by atoms with E-state index in [1.165, 1.54) is 6.07 Å². The van der Waals surface area contributed by atoms with Crippen molar-refractivity contribution in [2.75, 3.05) is 5.32 Å².